The summed E-state index contributed by atoms with van der Waals surface area (Å²) >= 11 is 0. The van der Waals surface area contributed by atoms with Gasteiger partial charge in [0.2, 0.25) is 0 Å². The summed E-state index contributed by atoms with van der Waals surface area (Å²) in [7, 11) is 4.23. The van der Waals surface area contributed by atoms with Crippen molar-refractivity contribution >= 4 is 0 Å². The van der Waals surface area contributed by atoms with Gasteiger partial charge in [-0.3, -0.25) is 0 Å². The molecule has 0 fully saturated rings. The molecular formula is C20H40N2O. The SMILES string of the molecule is CCC.CCCN(C)CC.CCN(C)CCOc1ccccc1. The van der Waals surface area contributed by atoms with E-state index in [4.69, 9.17) is 4.74 Å². The highest BCUT2D eigenvalue weighted by atomic mass is 16.5. The van der Waals surface area contributed by atoms with Crippen LogP contribution < -0.4 is 4.74 Å². The van der Waals surface area contributed by atoms with Crippen molar-refractivity contribution in [2.45, 2.75) is 47.5 Å². The van der Waals surface area contributed by atoms with E-state index >= 15 is 0 Å². The molecule has 0 saturated carbocycles. The maximum atomic E-state index is 5.54. The van der Waals surface area contributed by atoms with Gasteiger partial charge in [-0.25, -0.2) is 0 Å². The predicted octanol–water partition coefficient (Wildman–Crippen LogP) is 4.78. The number of benzene rings is 1. The van der Waals surface area contributed by atoms with E-state index in [0.717, 1.165) is 25.4 Å². The quantitative estimate of drug-likeness (QED) is 0.684. The molecule has 23 heavy (non-hydrogen) atoms. The average Bonchev–Trinajstić information content (AvgIpc) is 2.57. The van der Waals surface area contributed by atoms with E-state index in [1.54, 1.807) is 0 Å². The molecule has 3 heteroatoms. The minimum absolute atomic E-state index is 0.758. The predicted molar refractivity (Wildman–Crippen MR) is 105 cm³/mol. The topological polar surface area (TPSA) is 15.7 Å². The van der Waals surface area contributed by atoms with E-state index in [1.165, 1.54) is 25.9 Å². The molecule has 0 aliphatic carbocycles. The Balaban J connectivity index is 0. The Kier molecular flexibility index (Phi) is 20.0. The molecule has 0 amide bonds. The van der Waals surface area contributed by atoms with Crippen molar-refractivity contribution in [2.75, 3.05) is 46.9 Å². The Bertz CT molecular complexity index is 317. The highest BCUT2D eigenvalue weighted by Gasteiger charge is 1.94. The van der Waals surface area contributed by atoms with E-state index in [2.05, 4.69) is 58.5 Å². The molecule has 0 saturated heterocycles. The summed E-state index contributed by atoms with van der Waals surface area (Å²) in [6.07, 6.45) is 2.52. The molecule has 0 aliphatic heterocycles. The first kappa shape index (κ1) is 24.2. The first-order valence-corrected chi connectivity index (χ1v) is 9.10. The van der Waals surface area contributed by atoms with Crippen LogP contribution in [0.4, 0.5) is 0 Å². The number of likely N-dealkylation sites (N-methyl/N-ethyl adjacent to an activating group) is 1. The van der Waals surface area contributed by atoms with Gasteiger partial charge in [0.05, 0.1) is 0 Å². The first-order chi connectivity index (χ1) is 11.0. The van der Waals surface area contributed by atoms with Crippen LogP contribution in [0.3, 0.4) is 0 Å². The minimum atomic E-state index is 0.758. The van der Waals surface area contributed by atoms with Gasteiger partial charge in [-0.1, -0.05) is 59.2 Å². The fraction of sp³-hybridized carbons (Fsp3) is 0.700. The molecule has 1 aromatic carbocycles. The summed E-state index contributed by atoms with van der Waals surface area (Å²) in [6.45, 7) is 16.0. The molecule has 0 atom stereocenters. The van der Waals surface area contributed by atoms with Gasteiger partial charge in [-0.05, 0) is 52.3 Å². The molecule has 3 nitrogen and oxygen atoms in total. The summed E-state index contributed by atoms with van der Waals surface area (Å²) < 4.78 is 5.54. The van der Waals surface area contributed by atoms with E-state index < -0.39 is 0 Å². The molecule has 0 spiro atoms. The second-order valence-electron chi connectivity index (χ2n) is 5.66. The number of ether oxygens (including phenoxy) is 1. The molecule has 1 rings (SSSR count). The highest BCUT2D eigenvalue weighted by molar-refractivity contribution is 5.20. The van der Waals surface area contributed by atoms with Gasteiger partial charge in [0.1, 0.15) is 12.4 Å². The highest BCUT2D eigenvalue weighted by Crippen LogP contribution is 2.07. The lowest BCUT2D eigenvalue weighted by Gasteiger charge is -2.13. The Morgan fingerprint density at radius 1 is 0.783 bits per heavy atom. The zero-order chi connectivity index (χ0) is 17.9. The Morgan fingerprint density at radius 3 is 1.65 bits per heavy atom. The van der Waals surface area contributed by atoms with Crippen LogP contribution in [0, 0.1) is 0 Å². The summed E-state index contributed by atoms with van der Waals surface area (Å²) in [5.74, 6) is 0.951. The van der Waals surface area contributed by atoms with E-state index in [1.807, 2.05) is 30.3 Å². The Hall–Kier alpha value is -1.06. The number of nitrogens with zero attached hydrogens (tertiary/aromatic N) is 2. The lowest BCUT2D eigenvalue weighted by Crippen LogP contribution is -2.23. The zero-order valence-corrected chi connectivity index (χ0v) is 16.6. The standard InChI is InChI=1S/C11H17NO.C6H15N.C3H8/c1-3-12(2)9-10-13-11-7-5-4-6-8-11;1-4-6-7(3)5-2;1-3-2/h4-8H,3,9-10H2,1-2H3;4-6H2,1-3H3;3H2,1-2H3. The molecule has 1 aromatic rings. The molecule has 0 aromatic heterocycles. The molecule has 0 heterocycles. The van der Waals surface area contributed by atoms with Gasteiger partial charge < -0.3 is 14.5 Å². The molecule has 0 unspecified atom stereocenters. The van der Waals surface area contributed by atoms with E-state index in [0.29, 0.717) is 0 Å². The summed E-state index contributed by atoms with van der Waals surface area (Å²) in [4.78, 5) is 4.53. The second kappa shape index (κ2) is 19.0. The Labute approximate surface area is 145 Å². The lowest BCUT2D eigenvalue weighted by atomic mass is 10.3. The van der Waals surface area contributed by atoms with Crippen molar-refractivity contribution in [3.63, 3.8) is 0 Å². The van der Waals surface area contributed by atoms with Crippen LogP contribution in [-0.4, -0.2) is 56.7 Å². The molecular weight excluding hydrogens is 284 g/mol. The fourth-order valence-electron chi connectivity index (χ4n) is 1.53. The van der Waals surface area contributed by atoms with Crippen molar-refractivity contribution in [1.29, 1.82) is 0 Å². The molecule has 0 aliphatic rings. The third-order valence-electron chi connectivity index (χ3n) is 3.17. The number of hydrogen-bond donors (Lipinski definition) is 0. The average molecular weight is 325 g/mol. The monoisotopic (exact) mass is 324 g/mol. The Morgan fingerprint density at radius 2 is 1.26 bits per heavy atom. The summed E-state index contributed by atoms with van der Waals surface area (Å²) in [5.41, 5.74) is 0. The summed E-state index contributed by atoms with van der Waals surface area (Å²) in [6, 6.07) is 9.92. The number of rotatable bonds is 8. The van der Waals surface area contributed by atoms with Crippen molar-refractivity contribution in [1.82, 2.24) is 9.80 Å². The van der Waals surface area contributed by atoms with Gasteiger partial charge in [0, 0.05) is 6.54 Å². The maximum Gasteiger partial charge on any atom is 0.119 e. The third-order valence-corrected chi connectivity index (χ3v) is 3.17. The van der Waals surface area contributed by atoms with Gasteiger partial charge in [-0.15, -0.1) is 0 Å². The van der Waals surface area contributed by atoms with Crippen LogP contribution in [0.25, 0.3) is 0 Å². The third kappa shape index (κ3) is 18.9. The van der Waals surface area contributed by atoms with Crippen LogP contribution >= 0.6 is 0 Å². The van der Waals surface area contributed by atoms with Crippen LogP contribution in [-0.2, 0) is 0 Å². The van der Waals surface area contributed by atoms with Gasteiger partial charge in [0.15, 0.2) is 0 Å². The van der Waals surface area contributed by atoms with Crippen molar-refractivity contribution in [3.8, 4) is 5.75 Å². The van der Waals surface area contributed by atoms with Gasteiger partial charge in [0.25, 0.3) is 0 Å². The lowest BCUT2D eigenvalue weighted by molar-refractivity contribution is 0.244. The van der Waals surface area contributed by atoms with Crippen LogP contribution in [0.1, 0.15) is 47.5 Å². The summed E-state index contributed by atoms with van der Waals surface area (Å²) in [5, 5.41) is 0. The molecule has 0 radical (unpaired) electrons. The van der Waals surface area contributed by atoms with Crippen LogP contribution in [0.2, 0.25) is 0 Å². The zero-order valence-electron chi connectivity index (χ0n) is 16.6. The smallest absolute Gasteiger partial charge is 0.119 e. The number of para-hydroxylation sites is 1. The first-order valence-electron chi connectivity index (χ1n) is 9.10. The molecule has 136 valence electrons. The van der Waals surface area contributed by atoms with E-state index in [-0.39, 0.29) is 0 Å². The van der Waals surface area contributed by atoms with Crippen molar-refractivity contribution in [2.24, 2.45) is 0 Å². The van der Waals surface area contributed by atoms with Crippen LogP contribution in [0.5, 0.6) is 5.75 Å². The largest absolute Gasteiger partial charge is 0.492 e. The van der Waals surface area contributed by atoms with Gasteiger partial charge >= 0.3 is 0 Å². The van der Waals surface area contributed by atoms with Crippen molar-refractivity contribution < 1.29 is 4.74 Å². The van der Waals surface area contributed by atoms with E-state index in [9.17, 15) is 0 Å². The maximum absolute atomic E-state index is 5.54. The molecule has 0 bridgehead atoms. The minimum Gasteiger partial charge on any atom is -0.492 e. The van der Waals surface area contributed by atoms with Gasteiger partial charge in [-0.2, -0.15) is 0 Å². The van der Waals surface area contributed by atoms with Crippen LogP contribution in [0.15, 0.2) is 30.3 Å². The second-order valence-corrected chi connectivity index (χ2v) is 5.66. The fourth-order valence-corrected chi connectivity index (χ4v) is 1.53. The number of hydrogen-bond acceptors (Lipinski definition) is 3. The van der Waals surface area contributed by atoms with Crippen molar-refractivity contribution in [3.05, 3.63) is 30.3 Å². The molecule has 0 N–H and O–H groups in total. The normalized spacial score (nSPS) is 9.78.